The van der Waals surface area contributed by atoms with E-state index < -0.39 is 0 Å². The molecule has 1 aliphatic heterocycles. The summed E-state index contributed by atoms with van der Waals surface area (Å²) in [6, 6.07) is -0.121. The fourth-order valence-electron chi connectivity index (χ4n) is 2.65. The van der Waals surface area contributed by atoms with E-state index in [0.717, 1.165) is 56.7 Å². The second-order valence-electron chi connectivity index (χ2n) is 5.39. The van der Waals surface area contributed by atoms with Crippen molar-refractivity contribution in [3.8, 4) is 0 Å². The first-order valence-electron chi connectivity index (χ1n) is 7.78. The van der Waals surface area contributed by atoms with Crippen molar-refractivity contribution in [2.75, 3.05) is 31.2 Å². The number of aromatic nitrogens is 2. The lowest BCUT2D eigenvalue weighted by molar-refractivity contribution is -0.134. The highest BCUT2D eigenvalue weighted by Crippen LogP contribution is 2.21. The number of carbonyl (C=O) groups is 1. The van der Waals surface area contributed by atoms with Crippen LogP contribution >= 0.6 is 11.8 Å². The van der Waals surface area contributed by atoms with Crippen LogP contribution in [0.4, 0.5) is 0 Å². The highest BCUT2D eigenvalue weighted by Gasteiger charge is 2.26. The molecule has 1 unspecified atom stereocenters. The zero-order valence-corrected chi connectivity index (χ0v) is 13.3. The van der Waals surface area contributed by atoms with Gasteiger partial charge in [-0.15, -0.1) is 0 Å². The molecule has 1 aromatic rings. The quantitative estimate of drug-likeness (QED) is 0.746. The molecule has 1 atom stereocenters. The van der Waals surface area contributed by atoms with Crippen molar-refractivity contribution in [3.05, 3.63) is 18.7 Å². The summed E-state index contributed by atoms with van der Waals surface area (Å²) < 4.78 is 1.94. The number of hydrogen-bond donors (Lipinski definition) is 1. The molecule has 1 N–H and O–H groups in total. The van der Waals surface area contributed by atoms with Crippen LogP contribution in [0.5, 0.6) is 0 Å². The zero-order valence-electron chi connectivity index (χ0n) is 12.5. The minimum absolute atomic E-state index is 0.121. The third-order valence-electron chi connectivity index (χ3n) is 3.88. The van der Waals surface area contributed by atoms with Crippen LogP contribution in [0.15, 0.2) is 18.7 Å². The van der Waals surface area contributed by atoms with E-state index in [0.29, 0.717) is 0 Å². The Bertz CT molecular complexity index is 405. The number of rotatable bonds is 8. The fraction of sp³-hybridized carbons (Fsp3) is 0.733. The van der Waals surface area contributed by atoms with E-state index in [2.05, 4.69) is 4.98 Å². The number of aliphatic hydroxyl groups is 1. The van der Waals surface area contributed by atoms with Crippen LogP contribution in [0.3, 0.4) is 0 Å². The van der Waals surface area contributed by atoms with Gasteiger partial charge in [0.25, 0.3) is 0 Å². The van der Waals surface area contributed by atoms with Crippen LogP contribution < -0.4 is 0 Å². The van der Waals surface area contributed by atoms with Gasteiger partial charge in [-0.05, 0) is 12.8 Å². The molecule has 0 spiro atoms. The Labute approximate surface area is 130 Å². The van der Waals surface area contributed by atoms with E-state index in [1.54, 1.807) is 12.5 Å². The summed E-state index contributed by atoms with van der Waals surface area (Å²) in [6.45, 7) is 1.98. The monoisotopic (exact) mass is 311 g/mol. The van der Waals surface area contributed by atoms with Gasteiger partial charge in [0.2, 0.25) is 5.91 Å². The lowest BCUT2D eigenvalue weighted by Gasteiger charge is -2.30. The molecule has 5 nitrogen and oxygen atoms in total. The molecule has 6 heteroatoms. The summed E-state index contributed by atoms with van der Waals surface area (Å²) in [6.07, 6.45) is 10.2. The van der Waals surface area contributed by atoms with Crippen molar-refractivity contribution < 1.29 is 9.90 Å². The summed E-state index contributed by atoms with van der Waals surface area (Å²) in [7, 11) is 0. The summed E-state index contributed by atoms with van der Waals surface area (Å²) in [5.74, 6) is 2.31. The van der Waals surface area contributed by atoms with E-state index in [-0.39, 0.29) is 18.6 Å². The molecule has 1 aromatic heterocycles. The molecule has 0 bridgehead atoms. The third-order valence-corrected chi connectivity index (χ3v) is 4.82. The predicted octanol–water partition coefficient (Wildman–Crippen LogP) is 1.94. The van der Waals surface area contributed by atoms with E-state index in [1.165, 1.54) is 0 Å². The van der Waals surface area contributed by atoms with Crippen molar-refractivity contribution in [1.29, 1.82) is 0 Å². The maximum atomic E-state index is 12.7. The van der Waals surface area contributed by atoms with Gasteiger partial charge in [-0.25, -0.2) is 4.98 Å². The van der Waals surface area contributed by atoms with E-state index >= 15 is 0 Å². The van der Waals surface area contributed by atoms with Crippen LogP contribution in [0, 0.1) is 0 Å². The smallest absolute Gasteiger partial charge is 0.245 e. The Kier molecular flexibility index (Phi) is 7.09. The summed E-state index contributed by atoms with van der Waals surface area (Å²) >= 11 is 1.92. The number of carbonyl (C=O) groups excluding carboxylic acids is 1. The first kappa shape index (κ1) is 16.4. The molecule has 1 fully saturated rings. The van der Waals surface area contributed by atoms with Gasteiger partial charge in [0.15, 0.2) is 0 Å². The Hall–Kier alpha value is -1.01. The molecule has 0 aliphatic carbocycles. The second kappa shape index (κ2) is 9.10. The molecule has 2 rings (SSSR count). The van der Waals surface area contributed by atoms with Crippen LogP contribution in [0.1, 0.15) is 38.1 Å². The van der Waals surface area contributed by atoms with Gasteiger partial charge in [0.05, 0.1) is 6.33 Å². The molecule has 0 radical (unpaired) electrons. The van der Waals surface area contributed by atoms with Crippen molar-refractivity contribution >= 4 is 17.7 Å². The average Bonchev–Trinajstić information content (AvgIpc) is 3.05. The van der Waals surface area contributed by atoms with Crippen LogP contribution in [0.25, 0.3) is 0 Å². The van der Waals surface area contributed by atoms with Crippen molar-refractivity contribution in [2.45, 2.75) is 38.1 Å². The number of imidazole rings is 1. The summed E-state index contributed by atoms with van der Waals surface area (Å²) in [5, 5.41) is 8.81. The molecule has 0 aromatic carbocycles. The first-order chi connectivity index (χ1) is 10.3. The summed E-state index contributed by atoms with van der Waals surface area (Å²) in [5.41, 5.74) is 0. The Morgan fingerprint density at radius 3 is 2.67 bits per heavy atom. The normalized spacial score (nSPS) is 16.9. The Balaban J connectivity index is 1.90. The maximum absolute atomic E-state index is 12.7. The highest BCUT2D eigenvalue weighted by atomic mass is 32.2. The average molecular weight is 311 g/mol. The van der Waals surface area contributed by atoms with Crippen molar-refractivity contribution in [3.63, 3.8) is 0 Å². The fourth-order valence-corrected chi connectivity index (χ4v) is 3.55. The number of aliphatic hydroxyl groups excluding tert-OH is 1. The maximum Gasteiger partial charge on any atom is 0.245 e. The highest BCUT2D eigenvalue weighted by molar-refractivity contribution is 7.99. The van der Waals surface area contributed by atoms with Crippen LogP contribution in [0.2, 0.25) is 0 Å². The Morgan fingerprint density at radius 1 is 1.24 bits per heavy atom. The lowest BCUT2D eigenvalue weighted by atomic mass is 10.1. The van der Waals surface area contributed by atoms with E-state index in [9.17, 15) is 4.79 Å². The molecule has 118 valence electrons. The molecule has 1 aliphatic rings. The van der Waals surface area contributed by atoms with Crippen LogP contribution in [-0.4, -0.2) is 56.7 Å². The van der Waals surface area contributed by atoms with Crippen LogP contribution in [-0.2, 0) is 4.79 Å². The van der Waals surface area contributed by atoms with Gasteiger partial charge in [-0.2, -0.15) is 11.8 Å². The number of thioether (sulfide) groups is 1. The zero-order chi connectivity index (χ0) is 14.9. The van der Waals surface area contributed by atoms with Gasteiger partial charge in [0, 0.05) is 43.6 Å². The molecule has 1 amide bonds. The van der Waals surface area contributed by atoms with E-state index in [4.69, 9.17) is 5.11 Å². The van der Waals surface area contributed by atoms with Crippen molar-refractivity contribution in [2.24, 2.45) is 0 Å². The number of amides is 1. The lowest BCUT2D eigenvalue weighted by Crippen LogP contribution is -2.42. The van der Waals surface area contributed by atoms with Gasteiger partial charge >= 0.3 is 0 Å². The molecule has 1 saturated heterocycles. The third kappa shape index (κ3) is 5.04. The number of unbranched alkanes of at least 4 members (excludes halogenated alkanes) is 3. The standard InChI is InChI=1S/C15H25N3O2S/c19-10-4-2-1-3-5-14(18-7-6-16-13-18)15(20)17-8-11-21-12-9-17/h6-7,13-14,19H,1-5,8-12H2. The van der Waals surface area contributed by atoms with Gasteiger partial charge in [-0.3, -0.25) is 4.79 Å². The molecule has 21 heavy (non-hydrogen) atoms. The second-order valence-corrected chi connectivity index (χ2v) is 6.61. The van der Waals surface area contributed by atoms with Crippen molar-refractivity contribution in [1.82, 2.24) is 14.5 Å². The largest absolute Gasteiger partial charge is 0.396 e. The van der Waals surface area contributed by atoms with Gasteiger partial charge in [0.1, 0.15) is 6.04 Å². The molecular formula is C15H25N3O2S. The van der Waals surface area contributed by atoms with Gasteiger partial charge in [-0.1, -0.05) is 19.3 Å². The first-order valence-corrected chi connectivity index (χ1v) is 8.93. The Morgan fingerprint density at radius 2 is 2.00 bits per heavy atom. The van der Waals surface area contributed by atoms with Gasteiger partial charge < -0.3 is 14.6 Å². The topological polar surface area (TPSA) is 58.4 Å². The minimum atomic E-state index is -0.121. The SMILES string of the molecule is O=C(C(CCCCCCO)n1ccnc1)N1CCSCC1. The number of nitrogens with zero attached hydrogens (tertiary/aromatic N) is 3. The molecule has 2 heterocycles. The summed E-state index contributed by atoms with van der Waals surface area (Å²) in [4.78, 5) is 18.8. The van der Waals surface area contributed by atoms with E-state index in [1.807, 2.05) is 27.4 Å². The predicted molar refractivity (Wildman–Crippen MR) is 85.3 cm³/mol. The minimum Gasteiger partial charge on any atom is -0.396 e. The number of hydrogen-bond acceptors (Lipinski definition) is 4. The molecular weight excluding hydrogens is 286 g/mol. The molecule has 0 saturated carbocycles.